The Kier molecular flexibility index (Phi) is 4.01. The number of rotatable bonds is 3. The molecule has 2 aliphatic rings. The van der Waals surface area contributed by atoms with E-state index in [1.165, 1.54) is 10.6 Å². The molecule has 2 aromatic heterocycles. The zero-order valence-corrected chi connectivity index (χ0v) is 16.1. The fourth-order valence-corrected chi connectivity index (χ4v) is 4.38. The smallest absolute Gasteiger partial charge is 0.272 e. The molecule has 1 saturated heterocycles. The first-order chi connectivity index (χ1) is 14.0. The van der Waals surface area contributed by atoms with E-state index in [1.807, 2.05) is 24.3 Å². The lowest BCUT2D eigenvalue weighted by atomic mass is 10.1. The molecular formula is C21H21N5O3. The van der Waals surface area contributed by atoms with Crippen molar-refractivity contribution in [2.45, 2.75) is 32.4 Å². The van der Waals surface area contributed by atoms with Crippen LogP contribution in [0, 0.1) is 6.92 Å². The molecule has 1 fully saturated rings. The van der Waals surface area contributed by atoms with E-state index < -0.39 is 0 Å². The van der Waals surface area contributed by atoms with Crippen LogP contribution in [0.3, 0.4) is 0 Å². The molecule has 2 aliphatic heterocycles. The fraction of sp³-hybridized carbons (Fsp3) is 0.333. The van der Waals surface area contributed by atoms with E-state index in [0.29, 0.717) is 30.0 Å². The second-order valence-electron chi connectivity index (χ2n) is 7.70. The minimum Gasteiger partial charge on any atom is -0.333 e. The molecule has 5 rings (SSSR count). The molecule has 1 unspecified atom stereocenters. The average molecular weight is 391 g/mol. The van der Waals surface area contributed by atoms with Crippen molar-refractivity contribution in [1.82, 2.24) is 24.4 Å². The van der Waals surface area contributed by atoms with Gasteiger partial charge < -0.3 is 9.80 Å². The van der Waals surface area contributed by atoms with E-state index >= 15 is 0 Å². The molecule has 8 heteroatoms. The Morgan fingerprint density at radius 1 is 1.24 bits per heavy atom. The number of fused-ring (bicyclic) bond motifs is 2. The number of aryl methyl sites for hydroxylation is 1. The molecule has 2 amide bonds. The second kappa shape index (κ2) is 6.58. The molecule has 0 saturated carbocycles. The van der Waals surface area contributed by atoms with Crippen LogP contribution in [-0.2, 0) is 11.3 Å². The summed E-state index contributed by atoms with van der Waals surface area (Å²) in [7, 11) is 0. The number of carbonyl (C=O) groups is 2. The van der Waals surface area contributed by atoms with Gasteiger partial charge >= 0.3 is 0 Å². The first-order valence-electron chi connectivity index (χ1n) is 9.77. The molecule has 8 nitrogen and oxygen atoms in total. The number of nitrogens with zero attached hydrogens (tertiary/aromatic N) is 4. The van der Waals surface area contributed by atoms with Gasteiger partial charge in [-0.05, 0) is 31.4 Å². The molecule has 1 aromatic carbocycles. The highest BCUT2D eigenvalue weighted by Gasteiger charge is 2.35. The number of hydrogen-bond donors (Lipinski definition) is 1. The van der Waals surface area contributed by atoms with Gasteiger partial charge in [-0.3, -0.25) is 19.5 Å². The van der Waals surface area contributed by atoms with Gasteiger partial charge in [-0.2, -0.15) is 0 Å². The number of nitrogens with one attached hydrogen (secondary N) is 1. The quantitative estimate of drug-likeness (QED) is 0.735. The fourth-order valence-electron chi connectivity index (χ4n) is 4.38. The van der Waals surface area contributed by atoms with Crippen LogP contribution in [0.5, 0.6) is 0 Å². The predicted molar refractivity (Wildman–Crippen MR) is 105 cm³/mol. The standard InChI is InChI=1S/C21H21N5O3/c1-13-9-19(27)26-18(22-13)10-16(23-26)17-7-4-8-25(17)20(28)12-24-11-14-5-2-3-6-15(14)21(24)29/h2-3,5-6,9-10,17,23H,4,7-8,11-12H2,1H3. The topological polar surface area (TPSA) is 90.8 Å². The van der Waals surface area contributed by atoms with E-state index in [9.17, 15) is 14.4 Å². The number of benzene rings is 1. The minimum absolute atomic E-state index is 0.0571. The number of likely N-dealkylation sites (tertiary alicyclic amines) is 1. The van der Waals surface area contributed by atoms with Gasteiger partial charge in [0.25, 0.3) is 11.5 Å². The van der Waals surface area contributed by atoms with Crippen LogP contribution in [0.1, 0.15) is 46.2 Å². The van der Waals surface area contributed by atoms with E-state index in [1.54, 1.807) is 22.8 Å². The third-order valence-corrected chi connectivity index (χ3v) is 5.75. The molecule has 3 aromatic rings. The summed E-state index contributed by atoms with van der Waals surface area (Å²) in [6.07, 6.45) is 1.68. The molecule has 0 spiro atoms. The molecule has 0 aliphatic carbocycles. The summed E-state index contributed by atoms with van der Waals surface area (Å²) in [6, 6.07) is 10.6. The summed E-state index contributed by atoms with van der Waals surface area (Å²) < 4.78 is 1.41. The Morgan fingerprint density at radius 2 is 2.07 bits per heavy atom. The summed E-state index contributed by atoms with van der Waals surface area (Å²) >= 11 is 0. The zero-order valence-electron chi connectivity index (χ0n) is 16.1. The van der Waals surface area contributed by atoms with Gasteiger partial charge in [0.2, 0.25) is 5.91 Å². The average Bonchev–Trinajstić information content (AvgIpc) is 3.39. The summed E-state index contributed by atoms with van der Waals surface area (Å²) in [6.45, 7) is 2.94. The number of aromatic amines is 1. The van der Waals surface area contributed by atoms with Crippen molar-refractivity contribution in [1.29, 1.82) is 0 Å². The highest BCUT2D eigenvalue weighted by atomic mass is 16.2. The lowest BCUT2D eigenvalue weighted by Crippen LogP contribution is -2.40. The lowest BCUT2D eigenvalue weighted by molar-refractivity contribution is -0.133. The van der Waals surface area contributed by atoms with Crippen molar-refractivity contribution >= 4 is 17.5 Å². The Morgan fingerprint density at radius 3 is 2.90 bits per heavy atom. The van der Waals surface area contributed by atoms with Crippen LogP contribution in [0.15, 0.2) is 41.2 Å². The molecule has 0 bridgehead atoms. The van der Waals surface area contributed by atoms with Gasteiger partial charge in [-0.15, -0.1) is 0 Å². The van der Waals surface area contributed by atoms with Crippen molar-refractivity contribution in [2.75, 3.05) is 13.1 Å². The number of carbonyl (C=O) groups excluding carboxylic acids is 2. The lowest BCUT2D eigenvalue weighted by Gasteiger charge is -2.26. The SMILES string of the molecule is Cc1cc(=O)n2[nH]c(C3CCCN3C(=O)CN3Cc4ccccc4C3=O)cc2n1. The number of aromatic nitrogens is 3. The Hall–Kier alpha value is -3.42. The normalized spacial score (nSPS) is 18.7. The first kappa shape index (κ1) is 17.7. The summed E-state index contributed by atoms with van der Waals surface area (Å²) in [5.74, 6) is -0.176. The molecule has 1 atom stereocenters. The van der Waals surface area contributed by atoms with Gasteiger partial charge in [-0.1, -0.05) is 18.2 Å². The Bertz CT molecular complexity index is 1190. The summed E-state index contributed by atoms with van der Waals surface area (Å²) in [5, 5.41) is 3.10. The van der Waals surface area contributed by atoms with Crippen LogP contribution < -0.4 is 5.56 Å². The molecular weight excluding hydrogens is 370 g/mol. The van der Waals surface area contributed by atoms with E-state index in [4.69, 9.17) is 0 Å². The molecule has 29 heavy (non-hydrogen) atoms. The van der Waals surface area contributed by atoms with Crippen LogP contribution in [0.25, 0.3) is 5.65 Å². The maximum Gasteiger partial charge on any atom is 0.272 e. The van der Waals surface area contributed by atoms with Crippen molar-refractivity contribution in [2.24, 2.45) is 0 Å². The Balaban J connectivity index is 1.37. The highest BCUT2D eigenvalue weighted by molar-refractivity contribution is 6.00. The first-order valence-corrected chi connectivity index (χ1v) is 9.77. The number of H-pyrrole nitrogens is 1. The van der Waals surface area contributed by atoms with E-state index in [2.05, 4.69) is 10.1 Å². The molecule has 0 radical (unpaired) electrons. The van der Waals surface area contributed by atoms with Crippen molar-refractivity contribution in [3.63, 3.8) is 0 Å². The number of amides is 2. The van der Waals surface area contributed by atoms with E-state index in [0.717, 1.165) is 24.1 Å². The van der Waals surface area contributed by atoms with Crippen LogP contribution in [0.2, 0.25) is 0 Å². The molecule has 4 heterocycles. The Labute approximate surface area is 166 Å². The van der Waals surface area contributed by atoms with E-state index in [-0.39, 0.29) is 30.0 Å². The van der Waals surface area contributed by atoms with Crippen LogP contribution in [-0.4, -0.2) is 49.3 Å². The maximum absolute atomic E-state index is 13.1. The second-order valence-corrected chi connectivity index (χ2v) is 7.70. The summed E-state index contributed by atoms with van der Waals surface area (Å²) in [5.41, 5.74) is 3.47. The van der Waals surface area contributed by atoms with Crippen molar-refractivity contribution in [3.05, 3.63) is 69.3 Å². The van der Waals surface area contributed by atoms with Gasteiger partial charge in [0.15, 0.2) is 5.65 Å². The van der Waals surface area contributed by atoms with Gasteiger partial charge in [-0.25, -0.2) is 9.50 Å². The van der Waals surface area contributed by atoms with Gasteiger partial charge in [0, 0.05) is 36.5 Å². The van der Waals surface area contributed by atoms with Crippen molar-refractivity contribution in [3.8, 4) is 0 Å². The molecule has 148 valence electrons. The monoisotopic (exact) mass is 391 g/mol. The van der Waals surface area contributed by atoms with Gasteiger partial charge in [0.1, 0.15) is 6.54 Å². The largest absolute Gasteiger partial charge is 0.333 e. The minimum atomic E-state index is -0.171. The zero-order chi connectivity index (χ0) is 20.1. The maximum atomic E-state index is 13.1. The third kappa shape index (κ3) is 2.91. The van der Waals surface area contributed by atoms with Crippen molar-refractivity contribution < 1.29 is 9.59 Å². The highest BCUT2D eigenvalue weighted by Crippen LogP contribution is 2.32. The number of hydrogen-bond acceptors (Lipinski definition) is 4. The third-order valence-electron chi connectivity index (χ3n) is 5.75. The van der Waals surface area contributed by atoms with Gasteiger partial charge in [0.05, 0.1) is 11.7 Å². The van der Waals surface area contributed by atoms with Crippen LogP contribution in [0.4, 0.5) is 0 Å². The van der Waals surface area contributed by atoms with Crippen LogP contribution >= 0.6 is 0 Å². The molecule has 1 N–H and O–H groups in total. The summed E-state index contributed by atoms with van der Waals surface area (Å²) in [4.78, 5) is 45.6. The predicted octanol–water partition coefficient (Wildman–Crippen LogP) is 1.65.